The third kappa shape index (κ3) is 4.31. The fourth-order valence-corrected chi connectivity index (χ4v) is 3.09. The Morgan fingerprint density at radius 1 is 1.14 bits per heavy atom. The summed E-state index contributed by atoms with van der Waals surface area (Å²) in [5, 5.41) is 3.35. The largest absolute Gasteiger partial charge is 0.494 e. The molecular formula is C21H23N3O4. The summed E-state index contributed by atoms with van der Waals surface area (Å²) in [5.41, 5.74) is 0.536. The minimum atomic E-state index is -0.518. The molecule has 0 aliphatic heterocycles. The van der Waals surface area contributed by atoms with E-state index in [0.29, 0.717) is 17.5 Å². The number of aryl methyl sites for hydroxylation is 1. The lowest BCUT2D eigenvalue weighted by atomic mass is 10.1. The van der Waals surface area contributed by atoms with Gasteiger partial charge in [-0.1, -0.05) is 24.3 Å². The maximum absolute atomic E-state index is 12.4. The average Bonchev–Trinajstić information content (AvgIpc) is 2.68. The number of para-hydroxylation sites is 1. The molecule has 0 fully saturated rings. The molecule has 28 heavy (non-hydrogen) atoms. The third-order valence-corrected chi connectivity index (χ3v) is 4.54. The predicted octanol–water partition coefficient (Wildman–Crippen LogP) is 2.36. The highest BCUT2D eigenvalue weighted by molar-refractivity contribution is 5.79. The number of carbonyl (C=O) groups excluding carboxylic acids is 1. The molecule has 0 saturated heterocycles. The Morgan fingerprint density at radius 3 is 2.57 bits per heavy atom. The molecule has 0 unspecified atom stereocenters. The van der Waals surface area contributed by atoms with Crippen molar-refractivity contribution in [2.45, 2.75) is 32.9 Å². The van der Waals surface area contributed by atoms with Crippen molar-refractivity contribution in [3.63, 3.8) is 0 Å². The standard InChI is InChI=1S/C21H23N3O4/c1-3-28-16-10-8-15(9-11-16)14(2)22-19(25)12-13-24-18-7-5-4-6-17(18)20(26)23-21(24)27/h4-11,14H,3,12-13H2,1-2H3,(H,22,25)(H,23,26,27)/t14-/m1/s1. The second-order valence-electron chi connectivity index (χ2n) is 6.47. The summed E-state index contributed by atoms with van der Waals surface area (Å²) in [6.45, 7) is 4.60. The van der Waals surface area contributed by atoms with Crippen molar-refractivity contribution in [2.75, 3.05) is 6.61 Å². The molecule has 3 aromatic rings. The Morgan fingerprint density at radius 2 is 1.86 bits per heavy atom. The predicted molar refractivity (Wildman–Crippen MR) is 108 cm³/mol. The summed E-state index contributed by atoms with van der Waals surface area (Å²) in [5.74, 6) is 0.609. The molecule has 0 saturated carbocycles. The molecule has 2 N–H and O–H groups in total. The lowest BCUT2D eigenvalue weighted by molar-refractivity contribution is -0.121. The van der Waals surface area contributed by atoms with Gasteiger partial charge < -0.3 is 10.1 Å². The molecule has 1 aromatic heterocycles. The highest BCUT2D eigenvalue weighted by Gasteiger charge is 2.12. The number of aromatic amines is 1. The molecule has 7 heteroatoms. The Bertz CT molecular complexity index is 1080. The number of H-pyrrole nitrogens is 1. The van der Waals surface area contributed by atoms with Gasteiger partial charge in [-0.05, 0) is 43.7 Å². The van der Waals surface area contributed by atoms with Crippen LogP contribution in [0.1, 0.15) is 31.9 Å². The van der Waals surface area contributed by atoms with Crippen molar-refractivity contribution in [1.29, 1.82) is 0 Å². The van der Waals surface area contributed by atoms with E-state index in [4.69, 9.17) is 4.74 Å². The molecular weight excluding hydrogens is 358 g/mol. The van der Waals surface area contributed by atoms with Gasteiger partial charge in [-0.2, -0.15) is 0 Å². The van der Waals surface area contributed by atoms with Crippen LogP contribution in [0.3, 0.4) is 0 Å². The van der Waals surface area contributed by atoms with Crippen LogP contribution in [0.25, 0.3) is 10.9 Å². The number of rotatable bonds is 7. The van der Waals surface area contributed by atoms with Gasteiger partial charge in [0.2, 0.25) is 5.91 Å². The Hall–Kier alpha value is -3.35. The topological polar surface area (TPSA) is 93.2 Å². The normalized spacial score (nSPS) is 11.9. The van der Waals surface area contributed by atoms with Crippen molar-refractivity contribution in [1.82, 2.24) is 14.9 Å². The second kappa shape index (κ2) is 8.56. The summed E-state index contributed by atoms with van der Waals surface area (Å²) in [7, 11) is 0. The molecule has 3 rings (SSSR count). The van der Waals surface area contributed by atoms with Crippen LogP contribution in [0.4, 0.5) is 0 Å². The average molecular weight is 381 g/mol. The molecule has 0 radical (unpaired) electrons. The van der Waals surface area contributed by atoms with Gasteiger partial charge in [-0.3, -0.25) is 19.1 Å². The van der Waals surface area contributed by atoms with E-state index in [1.54, 1.807) is 24.3 Å². The summed E-state index contributed by atoms with van der Waals surface area (Å²) in [6, 6.07) is 14.2. The van der Waals surface area contributed by atoms with E-state index >= 15 is 0 Å². The zero-order valence-corrected chi connectivity index (χ0v) is 15.9. The van der Waals surface area contributed by atoms with Crippen molar-refractivity contribution in [3.8, 4) is 5.75 Å². The number of ether oxygens (including phenoxy) is 1. The maximum atomic E-state index is 12.4. The monoisotopic (exact) mass is 381 g/mol. The lowest BCUT2D eigenvalue weighted by Crippen LogP contribution is -2.33. The summed E-state index contributed by atoms with van der Waals surface area (Å²) in [4.78, 5) is 38.7. The number of nitrogens with zero attached hydrogens (tertiary/aromatic N) is 1. The van der Waals surface area contributed by atoms with Gasteiger partial charge in [-0.25, -0.2) is 4.79 Å². The number of amides is 1. The maximum Gasteiger partial charge on any atom is 0.328 e. The van der Waals surface area contributed by atoms with Gasteiger partial charge in [-0.15, -0.1) is 0 Å². The zero-order valence-electron chi connectivity index (χ0n) is 15.9. The van der Waals surface area contributed by atoms with Crippen molar-refractivity contribution >= 4 is 16.8 Å². The van der Waals surface area contributed by atoms with Crippen LogP contribution in [0.15, 0.2) is 58.1 Å². The van der Waals surface area contributed by atoms with Crippen LogP contribution in [0.5, 0.6) is 5.75 Å². The molecule has 1 amide bonds. The third-order valence-electron chi connectivity index (χ3n) is 4.54. The minimum Gasteiger partial charge on any atom is -0.494 e. The smallest absolute Gasteiger partial charge is 0.328 e. The molecule has 7 nitrogen and oxygen atoms in total. The summed E-state index contributed by atoms with van der Waals surface area (Å²) >= 11 is 0. The second-order valence-corrected chi connectivity index (χ2v) is 6.47. The first-order valence-electron chi connectivity index (χ1n) is 9.23. The molecule has 0 aliphatic rings. The fourth-order valence-electron chi connectivity index (χ4n) is 3.09. The van der Waals surface area contributed by atoms with E-state index in [1.165, 1.54) is 4.57 Å². The lowest BCUT2D eigenvalue weighted by Gasteiger charge is -2.15. The first-order chi connectivity index (χ1) is 13.5. The van der Waals surface area contributed by atoms with E-state index in [0.717, 1.165) is 11.3 Å². The molecule has 0 aliphatic carbocycles. The van der Waals surface area contributed by atoms with Gasteiger partial charge in [0.15, 0.2) is 0 Å². The molecule has 0 spiro atoms. The first-order valence-corrected chi connectivity index (χ1v) is 9.23. The van der Waals surface area contributed by atoms with E-state index in [-0.39, 0.29) is 24.9 Å². The Labute approximate surface area is 162 Å². The van der Waals surface area contributed by atoms with Crippen LogP contribution < -0.4 is 21.3 Å². The van der Waals surface area contributed by atoms with E-state index in [9.17, 15) is 14.4 Å². The van der Waals surface area contributed by atoms with Crippen LogP contribution in [0.2, 0.25) is 0 Å². The number of hydrogen-bond donors (Lipinski definition) is 2. The van der Waals surface area contributed by atoms with Crippen LogP contribution >= 0.6 is 0 Å². The molecule has 1 atom stereocenters. The highest BCUT2D eigenvalue weighted by Crippen LogP contribution is 2.17. The summed E-state index contributed by atoms with van der Waals surface area (Å²) in [6.07, 6.45) is 0.122. The van der Waals surface area contributed by atoms with Crippen molar-refractivity contribution in [2.24, 2.45) is 0 Å². The quantitative estimate of drug-likeness (QED) is 0.657. The van der Waals surface area contributed by atoms with E-state index in [1.807, 2.05) is 38.1 Å². The van der Waals surface area contributed by atoms with Crippen molar-refractivity contribution < 1.29 is 9.53 Å². The van der Waals surface area contributed by atoms with Gasteiger partial charge >= 0.3 is 5.69 Å². The van der Waals surface area contributed by atoms with E-state index in [2.05, 4.69) is 10.3 Å². The number of nitrogens with one attached hydrogen (secondary N) is 2. The molecule has 1 heterocycles. The van der Waals surface area contributed by atoms with Crippen LogP contribution in [-0.2, 0) is 11.3 Å². The minimum absolute atomic E-state index is 0.122. The van der Waals surface area contributed by atoms with Crippen molar-refractivity contribution in [3.05, 3.63) is 74.9 Å². The van der Waals surface area contributed by atoms with Crippen LogP contribution in [0, 0.1) is 0 Å². The SMILES string of the molecule is CCOc1ccc([C@@H](C)NC(=O)CCn2c(=O)[nH]c(=O)c3ccccc32)cc1. The highest BCUT2D eigenvalue weighted by atomic mass is 16.5. The van der Waals surface area contributed by atoms with Gasteiger partial charge in [0, 0.05) is 13.0 Å². The number of hydrogen-bond acceptors (Lipinski definition) is 4. The Balaban J connectivity index is 1.67. The molecule has 146 valence electrons. The number of benzene rings is 2. The Kier molecular flexibility index (Phi) is 5.93. The molecule has 2 aromatic carbocycles. The summed E-state index contributed by atoms with van der Waals surface area (Å²) < 4.78 is 6.83. The van der Waals surface area contributed by atoms with Gasteiger partial charge in [0.25, 0.3) is 5.56 Å². The fraction of sp³-hybridized carbons (Fsp3) is 0.286. The molecule has 0 bridgehead atoms. The van der Waals surface area contributed by atoms with E-state index < -0.39 is 11.2 Å². The first kappa shape index (κ1) is 19.4. The number of carbonyl (C=O) groups is 1. The van der Waals surface area contributed by atoms with Crippen LogP contribution in [-0.4, -0.2) is 22.1 Å². The van der Waals surface area contributed by atoms with Gasteiger partial charge in [0.1, 0.15) is 5.75 Å². The number of aromatic nitrogens is 2. The zero-order chi connectivity index (χ0) is 20.1. The number of fused-ring (bicyclic) bond motifs is 1. The van der Waals surface area contributed by atoms with Gasteiger partial charge in [0.05, 0.1) is 23.6 Å².